The van der Waals surface area contributed by atoms with Crippen LogP contribution in [0.4, 0.5) is 0 Å². The third kappa shape index (κ3) is 3.82. The number of fused-ring (bicyclic) bond motifs is 1. The molecule has 0 heterocycles. The molecule has 1 atom stereocenters. The molecule has 1 aliphatic carbocycles. The standard InChI is InChI=1S/C16H25NO/c1-18-13-7-6-12-17-16-11-5-3-9-14-8-2-4-10-15(14)16/h2,4,8,10,16-17H,3,5-7,9,11-13H2,1H3. The third-order valence-electron chi connectivity index (χ3n) is 3.79. The van der Waals surface area contributed by atoms with Crippen molar-refractivity contribution in [3.8, 4) is 0 Å². The molecule has 2 rings (SSSR count). The number of hydrogen-bond acceptors (Lipinski definition) is 2. The lowest BCUT2D eigenvalue weighted by molar-refractivity contribution is 0.192. The van der Waals surface area contributed by atoms with Crippen LogP contribution in [0.15, 0.2) is 24.3 Å². The van der Waals surface area contributed by atoms with E-state index in [1.54, 1.807) is 12.7 Å². The Bertz CT molecular complexity index is 351. The minimum absolute atomic E-state index is 0.561. The summed E-state index contributed by atoms with van der Waals surface area (Å²) in [5, 5.41) is 3.72. The predicted molar refractivity (Wildman–Crippen MR) is 75.9 cm³/mol. The van der Waals surface area contributed by atoms with Crippen LogP contribution in [0.2, 0.25) is 0 Å². The van der Waals surface area contributed by atoms with E-state index < -0.39 is 0 Å². The number of aryl methyl sites for hydroxylation is 1. The molecule has 0 saturated carbocycles. The van der Waals surface area contributed by atoms with Gasteiger partial charge in [0.25, 0.3) is 0 Å². The second kappa shape index (κ2) is 7.55. The van der Waals surface area contributed by atoms with E-state index in [1.165, 1.54) is 37.7 Å². The van der Waals surface area contributed by atoms with Gasteiger partial charge in [-0.1, -0.05) is 30.7 Å². The van der Waals surface area contributed by atoms with Gasteiger partial charge in [0.2, 0.25) is 0 Å². The van der Waals surface area contributed by atoms with Crippen molar-refractivity contribution >= 4 is 0 Å². The maximum atomic E-state index is 5.08. The number of nitrogens with one attached hydrogen (secondary N) is 1. The first-order chi connectivity index (χ1) is 8.92. The van der Waals surface area contributed by atoms with E-state index in [4.69, 9.17) is 4.74 Å². The summed E-state index contributed by atoms with van der Waals surface area (Å²) in [5.74, 6) is 0. The van der Waals surface area contributed by atoms with Crippen molar-refractivity contribution < 1.29 is 4.74 Å². The van der Waals surface area contributed by atoms with Crippen molar-refractivity contribution in [2.45, 2.75) is 44.6 Å². The number of benzene rings is 1. The lowest BCUT2D eigenvalue weighted by atomic mass is 9.99. The Morgan fingerprint density at radius 3 is 3.00 bits per heavy atom. The normalized spacial score (nSPS) is 19.3. The lowest BCUT2D eigenvalue weighted by Crippen LogP contribution is -2.23. The highest BCUT2D eigenvalue weighted by Crippen LogP contribution is 2.28. The van der Waals surface area contributed by atoms with Gasteiger partial charge in [-0.05, 0) is 49.8 Å². The van der Waals surface area contributed by atoms with Crippen molar-refractivity contribution in [3.63, 3.8) is 0 Å². The van der Waals surface area contributed by atoms with Crippen LogP contribution in [0, 0.1) is 0 Å². The van der Waals surface area contributed by atoms with Crippen molar-refractivity contribution in [1.29, 1.82) is 0 Å². The Balaban J connectivity index is 1.88. The number of ether oxygens (including phenoxy) is 1. The van der Waals surface area contributed by atoms with Crippen LogP contribution in [0.1, 0.15) is 49.3 Å². The molecule has 1 unspecified atom stereocenters. The number of methoxy groups -OCH3 is 1. The molecule has 1 N–H and O–H groups in total. The maximum absolute atomic E-state index is 5.08. The first-order valence-corrected chi connectivity index (χ1v) is 7.22. The molecule has 1 aromatic rings. The van der Waals surface area contributed by atoms with Gasteiger partial charge in [-0.25, -0.2) is 0 Å². The number of unbranched alkanes of at least 4 members (excludes halogenated alkanes) is 1. The maximum Gasteiger partial charge on any atom is 0.0462 e. The summed E-state index contributed by atoms with van der Waals surface area (Å²) in [6, 6.07) is 9.49. The molecule has 100 valence electrons. The van der Waals surface area contributed by atoms with Gasteiger partial charge in [0, 0.05) is 19.8 Å². The van der Waals surface area contributed by atoms with Gasteiger partial charge in [-0.3, -0.25) is 0 Å². The fourth-order valence-electron chi connectivity index (χ4n) is 2.78. The van der Waals surface area contributed by atoms with Crippen LogP contribution in [-0.2, 0) is 11.2 Å². The Kier molecular flexibility index (Phi) is 5.69. The molecule has 2 nitrogen and oxygen atoms in total. The highest BCUT2D eigenvalue weighted by molar-refractivity contribution is 5.31. The van der Waals surface area contributed by atoms with E-state index in [0.717, 1.165) is 19.6 Å². The molecule has 0 fully saturated rings. The monoisotopic (exact) mass is 247 g/mol. The lowest BCUT2D eigenvalue weighted by Gasteiger charge is -2.19. The molecule has 0 spiro atoms. The van der Waals surface area contributed by atoms with E-state index in [2.05, 4.69) is 29.6 Å². The molecule has 0 aromatic heterocycles. The smallest absolute Gasteiger partial charge is 0.0462 e. The van der Waals surface area contributed by atoms with Crippen LogP contribution in [0.25, 0.3) is 0 Å². The van der Waals surface area contributed by atoms with Crippen LogP contribution < -0.4 is 5.32 Å². The molecular formula is C16H25NO. The molecule has 18 heavy (non-hydrogen) atoms. The summed E-state index contributed by atoms with van der Waals surface area (Å²) in [5.41, 5.74) is 3.08. The molecule has 1 aromatic carbocycles. The largest absolute Gasteiger partial charge is 0.385 e. The zero-order valence-corrected chi connectivity index (χ0v) is 11.5. The second-order valence-corrected chi connectivity index (χ2v) is 5.15. The Labute approximate surface area is 111 Å². The highest BCUT2D eigenvalue weighted by atomic mass is 16.5. The molecule has 0 amide bonds. The SMILES string of the molecule is COCCCCNC1CCCCc2ccccc21. The highest BCUT2D eigenvalue weighted by Gasteiger charge is 2.17. The fraction of sp³-hybridized carbons (Fsp3) is 0.625. The summed E-state index contributed by atoms with van der Waals surface area (Å²) in [4.78, 5) is 0. The van der Waals surface area contributed by atoms with E-state index >= 15 is 0 Å². The molecule has 0 radical (unpaired) electrons. The minimum Gasteiger partial charge on any atom is -0.385 e. The van der Waals surface area contributed by atoms with Gasteiger partial charge in [0.1, 0.15) is 0 Å². The summed E-state index contributed by atoms with van der Waals surface area (Å²) in [6.45, 7) is 1.98. The Hall–Kier alpha value is -0.860. The molecular weight excluding hydrogens is 222 g/mol. The van der Waals surface area contributed by atoms with Crippen molar-refractivity contribution in [1.82, 2.24) is 5.32 Å². The minimum atomic E-state index is 0.561. The zero-order valence-electron chi connectivity index (χ0n) is 11.5. The van der Waals surface area contributed by atoms with Crippen LogP contribution in [0.3, 0.4) is 0 Å². The van der Waals surface area contributed by atoms with Gasteiger partial charge < -0.3 is 10.1 Å². The quantitative estimate of drug-likeness (QED) is 0.614. The number of rotatable bonds is 6. The van der Waals surface area contributed by atoms with Gasteiger partial charge >= 0.3 is 0 Å². The zero-order chi connectivity index (χ0) is 12.6. The van der Waals surface area contributed by atoms with E-state index in [-0.39, 0.29) is 0 Å². The molecule has 0 bridgehead atoms. The van der Waals surface area contributed by atoms with Gasteiger partial charge in [-0.15, -0.1) is 0 Å². The topological polar surface area (TPSA) is 21.3 Å². The van der Waals surface area contributed by atoms with Gasteiger partial charge in [0.15, 0.2) is 0 Å². The van der Waals surface area contributed by atoms with Crippen LogP contribution >= 0.6 is 0 Å². The van der Waals surface area contributed by atoms with Crippen LogP contribution in [0.5, 0.6) is 0 Å². The van der Waals surface area contributed by atoms with Crippen molar-refractivity contribution in [3.05, 3.63) is 35.4 Å². The molecule has 0 saturated heterocycles. The predicted octanol–water partition coefficient (Wildman–Crippen LogP) is 3.47. The van der Waals surface area contributed by atoms with E-state index in [0.29, 0.717) is 6.04 Å². The average molecular weight is 247 g/mol. The van der Waals surface area contributed by atoms with Crippen molar-refractivity contribution in [2.24, 2.45) is 0 Å². The third-order valence-corrected chi connectivity index (χ3v) is 3.79. The molecule has 0 aliphatic heterocycles. The fourth-order valence-corrected chi connectivity index (χ4v) is 2.78. The van der Waals surface area contributed by atoms with Gasteiger partial charge in [-0.2, -0.15) is 0 Å². The molecule has 1 aliphatic rings. The summed E-state index contributed by atoms with van der Waals surface area (Å²) in [7, 11) is 1.77. The van der Waals surface area contributed by atoms with E-state index in [9.17, 15) is 0 Å². The number of hydrogen-bond donors (Lipinski definition) is 1. The first-order valence-electron chi connectivity index (χ1n) is 7.22. The first kappa shape index (κ1) is 13.6. The van der Waals surface area contributed by atoms with E-state index in [1.807, 2.05) is 0 Å². The molecule has 2 heteroatoms. The Morgan fingerprint density at radius 2 is 2.11 bits per heavy atom. The second-order valence-electron chi connectivity index (χ2n) is 5.15. The van der Waals surface area contributed by atoms with Crippen LogP contribution in [-0.4, -0.2) is 20.3 Å². The van der Waals surface area contributed by atoms with Crippen molar-refractivity contribution in [2.75, 3.05) is 20.3 Å². The summed E-state index contributed by atoms with van der Waals surface area (Å²) in [6.07, 6.45) is 7.55. The average Bonchev–Trinajstić information content (AvgIpc) is 2.61. The van der Waals surface area contributed by atoms with Gasteiger partial charge in [0.05, 0.1) is 0 Å². The Morgan fingerprint density at radius 1 is 1.22 bits per heavy atom. The summed E-state index contributed by atoms with van der Waals surface area (Å²) >= 11 is 0. The summed E-state index contributed by atoms with van der Waals surface area (Å²) < 4.78 is 5.08.